The number of nitrogens with zero attached hydrogens (tertiary/aromatic N) is 1. The van der Waals surface area contributed by atoms with Gasteiger partial charge in [0.15, 0.2) is 12.4 Å². The van der Waals surface area contributed by atoms with E-state index in [1.165, 1.54) is 0 Å². The van der Waals surface area contributed by atoms with Crippen molar-refractivity contribution < 1.29 is 24.4 Å². The Kier molecular flexibility index (Phi) is 3.80. The molecule has 2 heterocycles. The lowest BCUT2D eigenvalue weighted by Crippen LogP contribution is -2.37. The molecule has 4 atom stereocenters. The molecule has 1 aliphatic rings. The molecule has 0 saturated carbocycles. The number of halogens is 1. The highest BCUT2D eigenvalue weighted by atomic mass is 19.1. The number of aliphatic hydroxyl groups is 3. The molecule has 0 unspecified atom stereocenters. The Morgan fingerprint density at radius 3 is 2.63 bits per heavy atom. The van der Waals surface area contributed by atoms with Crippen LogP contribution in [0.2, 0.25) is 0 Å². The highest BCUT2D eigenvalue weighted by molar-refractivity contribution is 5.04. The standard InChI is InChI=1S/C10H13FN2O6/c11-6-7(16)5(3-15)19-9(6)13-1-4(2-14)8(17)12-10(13)18/h1,5-7,9,14-16H,2-3H2,(H,12,17,18)/t5-,6+,7-,9-/m1/s1. The maximum absolute atomic E-state index is 13.8. The van der Waals surface area contributed by atoms with Gasteiger partial charge in [-0.25, -0.2) is 9.18 Å². The van der Waals surface area contributed by atoms with E-state index >= 15 is 0 Å². The summed E-state index contributed by atoms with van der Waals surface area (Å²) in [6.45, 7) is -1.24. The first-order valence-electron chi connectivity index (χ1n) is 5.53. The Bertz CT molecular complexity index is 570. The van der Waals surface area contributed by atoms with Crippen molar-refractivity contribution in [3.05, 3.63) is 32.6 Å². The summed E-state index contributed by atoms with van der Waals surface area (Å²) in [4.78, 5) is 24.7. The Morgan fingerprint density at radius 1 is 1.42 bits per heavy atom. The van der Waals surface area contributed by atoms with Crippen LogP contribution in [0.4, 0.5) is 4.39 Å². The maximum atomic E-state index is 13.8. The number of ether oxygens (including phenoxy) is 1. The van der Waals surface area contributed by atoms with Gasteiger partial charge in [0.05, 0.1) is 18.8 Å². The molecule has 106 valence electrons. The minimum absolute atomic E-state index is 0.141. The largest absolute Gasteiger partial charge is 0.394 e. The molecule has 0 radical (unpaired) electrons. The first kappa shape index (κ1) is 13.9. The van der Waals surface area contributed by atoms with Crippen molar-refractivity contribution in [1.29, 1.82) is 0 Å². The molecule has 2 rings (SSSR count). The summed E-state index contributed by atoms with van der Waals surface area (Å²) in [5.74, 6) is 0. The maximum Gasteiger partial charge on any atom is 0.330 e. The monoisotopic (exact) mass is 276 g/mol. The fourth-order valence-electron chi connectivity index (χ4n) is 1.91. The molecule has 4 N–H and O–H groups in total. The van der Waals surface area contributed by atoms with Gasteiger partial charge in [-0.05, 0) is 0 Å². The first-order chi connectivity index (χ1) is 8.99. The number of alkyl halides is 1. The summed E-state index contributed by atoms with van der Waals surface area (Å²) < 4.78 is 19.6. The fourth-order valence-corrected chi connectivity index (χ4v) is 1.91. The Labute approximate surface area is 105 Å². The van der Waals surface area contributed by atoms with Gasteiger partial charge in [-0.15, -0.1) is 0 Å². The van der Waals surface area contributed by atoms with Gasteiger partial charge in [-0.1, -0.05) is 0 Å². The number of aliphatic hydroxyl groups excluding tert-OH is 3. The topological polar surface area (TPSA) is 125 Å². The van der Waals surface area contributed by atoms with E-state index in [9.17, 15) is 19.1 Å². The summed E-state index contributed by atoms with van der Waals surface area (Å²) in [5, 5.41) is 27.3. The molecule has 0 aliphatic carbocycles. The molecule has 0 spiro atoms. The summed E-state index contributed by atoms with van der Waals surface area (Å²) in [6.07, 6.45) is -5.18. The third-order valence-corrected chi connectivity index (χ3v) is 2.96. The zero-order valence-corrected chi connectivity index (χ0v) is 9.69. The van der Waals surface area contributed by atoms with Gasteiger partial charge in [0.25, 0.3) is 5.56 Å². The Morgan fingerprint density at radius 2 is 2.11 bits per heavy atom. The van der Waals surface area contributed by atoms with Crippen LogP contribution >= 0.6 is 0 Å². The molecular weight excluding hydrogens is 263 g/mol. The van der Waals surface area contributed by atoms with Gasteiger partial charge >= 0.3 is 5.69 Å². The molecular formula is C10H13FN2O6. The highest BCUT2D eigenvalue weighted by Crippen LogP contribution is 2.30. The van der Waals surface area contributed by atoms with Gasteiger partial charge in [0.2, 0.25) is 0 Å². The lowest BCUT2D eigenvalue weighted by atomic mass is 10.1. The quantitative estimate of drug-likeness (QED) is 0.488. The van der Waals surface area contributed by atoms with Gasteiger partial charge in [0.1, 0.15) is 12.2 Å². The van der Waals surface area contributed by atoms with E-state index in [0.29, 0.717) is 0 Å². The second-order valence-electron chi connectivity index (χ2n) is 4.16. The molecule has 0 bridgehead atoms. The molecule has 1 aliphatic heterocycles. The van der Waals surface area contributed by atoms with Crippen LogP contribution in [0.1, 0.15) is 11.8 Å². The Balaban J connectivity index is 2.43. The number of rotatable bonds is 3. The van der Waals surface area contributed by atoms with Crippen LogP contribution in [0.5, 0.6) is 0 Å². The molecule has 1 aromatic heterocycles. The minimum Gasteiger partial charge on any atom is -0.394 e. The predicted molar refractivity (Wildman–Crippen MR) is 59.1 cm³/mol. The van der Waals surface area contributed by atoms with Crippen LogP contribution in [0, 0.1) is 0 Å². The summed E-state index contributed by atoms with van der Waals surface area (Å²) in [5.41, 5.74) is -1.85. The number of nitrogens with one attached hydrogen (secondary N) is 1. The SMILES string of the molecule is O=c1[nH]c(=O)n([C@@H]2O[C@H](CO)[C@@H](O)[C@@H]2F)cc1CO. The fraction of sp³-hybridized carbons (Fsp3) is 0.600. The normalized spacial score (nSPS) is 30.7. The van der Waals surface area contributed by atoms with Crippen LogP contribution < -0.4 is 11.2 Å². The van der Waals surface area contributed by atoms with Gasteiger partial charge in [-0.3, -0.25) is 14.3 Å². The highest BCUT2D eigenvalue weighted by Gasteiger charge is 2.45. The molecule has 0 aromatic carbocycles. The molecule has 0 amide bonds. The zero-order chi connectivity index (χ0) is 14.2. The summed E-state index contributed by atoms with van der Waals surface area (Å²) in [7, 11) is 0. The molecule has 1 aromatic rings. The third kappa shape index (κ3) is 2.32. The number of aromatic amines is 1. The third-order valence-electron chi connectivity index (χ3n) is 2.96. The molecule has 1 fully saturated rings. The lowest BCUT2D eigenvalue weighted by molar-refractivity contribution is -0.0493. The van der Waals surface area contributed by atoms with Crippen molar-refractivity contribution in [2.75, 3.05) is 6.61 Å². The average Bonchev–Trinajstić information content (AvgIpc) is 2.67. The second-order valence-corrected chi connectivity index (χ2v) is 4.16. The zero-order valence-electron chi connectivity index (χ0n) is 9.69. The molecule has 8 nitrogen and oxygen atoms in total. The van der Waals surface area contributed by atoms with Crippen LogP contribution in [0.15, 0.2) is 15.8 Å². The number of aromatic nitrogens is 2. The van der Waals surface area contributed by atoms with E-state index in [1.807, 2.05) is 4.98 Å². The first-order valence-corrected chi connectivity index (χ1v) is 5.53. The van der Waals surface area contributed by atoms with E-state index in [2.05, 4.69) is 0 Å². The van der Waals surface area contributed by atoms with Crippen LogP contribution in [-0.2, 0) is 11.3 Å². The molecule has 9 heteroatoms. The number of hydrogen-bond acceptors (Lipinski definition) is 6. The number of H-pyrrole nitrogens is 1. The van der Waals surface area contributed by atoms with Crippen molar-refractivity contribution in [3.63, 3.8) is 0 Å². The van der Waals surface area contributed by atoms with Crippen molar-refractivity contribution >= 4 is 0 Å². The van der Waals surface area contributed by atoms with Crippen LogP contribution in [-0.4, -0.2) is 49.9 Å². The van der Waals surface area contributed by atoms with Crippen molar-refractivity contribution in [1.82, 2.24) is 9.55 Å². The van der Waals surface area contributed by atoms with E-state index < -0.39 is 49.1 Å². The van der Waals surface area contributed by atoms with E-state index in [1.54, 1.807) is 0 Å². The summed E-state index contributed by atoms with van der Waals surface area (Å²) in [6, 6.07) is 0. The second kappa shape index (κ2) is 5.21. The van der Waals surface area contributed by atoms with E-state index in [4.69, 9.17) is 14.9 Å². The van der Waals surface area contributed by atoms with Crippen molar-refractivity contribution in [2.24, 2.45) is 0 Å². The minimum atomic E-state index is -1.94. The van der Waals surface area contributed by atoms with Crippen LogP contribution in [0.25, 0.3) is 0 Å². The van der Waals surface area contributed by atoms with E-state index in [-0.39, 0.29) is 5.56 Å². The van der Waals surface area contributed by atoms with Crippen molar-refractivity contribution in [3.8, 4) is 0 Å². The van der Waals surface area contributed by atoms with Gasteiger partial charge in [-0.2, -0.15) is 0 Å². The van der Waals surface area contributed by atoms with Gasteiger partial charge < -0.3 is 20.1 Å². The predicted octanol–water partition coefficient (Wildman–Crippen LogP) is -2.38. The molecule has 19 heavy (non-hydrogen) atoms. The Hall–Kier alpha value is -1.55. The van der Waals surface area contributed by atoms with Crippen molar-refractivity contribution in [2.45, 2.75) is 31.2 Å². The molecule has 1 saturated heterocycles. The summed E-state index contributed by atoms with van der Waals surface area (Å²) >= 11 is 0. The van der Waals surface area contributed by atoms with Gasteiger partial charge in [0, 0.05) is 6.20 Å². The van der Waals surface area contributed by atoms with Crippen LogP contribution in [0.3, 0.4) is 0 Å². The van der Waals surface area contributed by atoms with E-state index in [0.717, 1.165) is 10.8 Å². The lowest BCUT2D eigenvalue weighted by Gasteiger charge is -2.16. The number of hydrogen-bond donors (Lipinski definition) is 4. The average molecular weight is 276 g/mol. The smallest absolute Gasteiger partial charge is 0.330 e.